The number of aromatic nitrogens is 1. The fourth-order valence-corrected chi connectivity index (χ4v) is 1.94. The predicted octanol–water partition coefficient (Wildman–Crippen LogP) is 2.39. The van der Waals surface area contributed by atoms with Gasteiger partial charge in [0.05, 0.1) is 18.2 Å². The van der Waals surface area contributed by atoms with Gasteiger partial charge in [-0.15, -0.1) is 0 Å². The summed E-state index contributed by atoms with van der Waals surface area (Å²) >= 11 is 0. The maximum Gasteiger partial charge on any atom is 0.251 e. The van der Waals surface area contributed by atoms with Crippen LogP contribution in [-0.2, 0) is 6.54 Å². The minimum Gasteiger partial charge on any atom is -0.309 e. The standard InChI is InChI=1S/C15H14N2O/c1-11-8-13(9-16)6-7-14(11)10-17-12(2)4-3-5-15(17)18/h3-8H,10H2,1-2H3. The normalized spacial score (nSPS) is 10.1. The molecule has 18 heavy (non-hydrogen) atoms. The molecule has 0 spiro atoms. The molecule has 0 saturated carbocycles. The van der Waals surface area contributed by atoms with Crippen LogP contribution in [0.25, 0.3) is 0 Å². The third-order valence-corrected chi connectivity index (χ3v) is 3.07. The molecule has 1 heterocycles. The molecule has 2 aromatic rings. The number of aryl methyl sites for hydroxylation is 2. The molecule has 1 aromatic heterocycles. The van der Waals surface area contributed by atoms with Crippen LogP contribution < -0.4 is 5.56 Å². The van der Waals surface area contributed by atoms with Crippen LogP contribution in [0.1, 0.15) is 22.4 Å². The number of hydrogen-bond acceptors (Lipinski definition) is 2. The van der Waals surface area contributed by atoms with E-state index in [2.05, 4.69) is 6.07 Å². The summed E-state index contributed by atoms with van der Waals surface area (Å²) in [6, 6.07) is 12.9. The van der Waals surface area contributed by atoms with E-state index in [1.165, 1.54) is 0 Å². The molecule has 90 valence electrons. The van der Waals surface area contributed by atoms with Crippen molar-refractivity contribution in [3.8, 4) is 6.07 Å². The van der Waals surface area contributed by atoms with Gasteiger partial charge in [0.1, 0.15) is 0 Å². The lowest BCUT2D eigenvalue weighted by Gasteiger charge is -2.11. The van der Waals surface area contributed by atoms with Crippen LogP contribution in [-0.4, -0.2) is 4.57 Å². The van der Waals surface area contributed by atoms with Crippen molar-refractivity contribution in [3.05, 3.63) is 69.1 Å². The highest BCUT2D eigenvalue weighted by Gasteiger charge is 2.04. The molecule has 0 aliphatic heterocycles. The minimum absolute atomic E-state index is 0.00115. The topological polar surface area (TPSA) is 45.8 Å². The van der Waals surface area contributed by atoms with E-state index in [1.54, 1.807) is 22.8 Å². The van der Waals surface area contributed by atoms with Crippen LogP contribution in [0.15, 0.2) is 41.2 Å². The molecule has 3 nitrogen and oxygen atoms in total. The Morgan fingerprint density at radius 3 is 2.61 bits per heavy atom. The number of nitriles is 1. The van der Waals surface area contributed by atoms with Crippen molar-refractivity contribution in [2.45, 2.75) is 20.4 Å². The first-order valence-electron chi connectivity index (χ1n) is 5.78. The number of hydrogen-bond donors (Lipinski definition) is 0. The molecule has 0 bridgehead atoms. The molecular weight excluding hydrogens is 224 g/mol. The van der Waals surface area contributed by atoms with E-state index in [1.807, 2.05) is 32.0 Å². The van der Waals surface area contributed by atoms with Crippen molar-refractivity contribution in [3.63, 3.8) is 0 Å². The zero-order valence-corrected chi connectivity index (χ0v) is 10.5. The Balaban J connectivity index is 2.41. The number of pyridine rings is 1. The molecule has 1 aromatic carbocycles. The number of nitrogens with zero attached hydrogens (tertiary/aromatic N) is 2. The van der Waals surface area contributed by atoms with Crippen LogP contribution in [0.5, 0.6) is 0 Å². The first-order valence-corrected chi connectivity index (χ1v) is 5.78. The van der Waals surface area contributed by atoms with E-state index in [0.717, 1.165) is 16.8 Å². The summed E-state index contributed by atoms with van der Waals surface area (Å²) < 4.78 is 1.73. The van der Waals surface area contributed by atoms with Gasteiger partial charge in [-0.05, 0) is 43.2 Å². The Labute approximate surface area is 106 Å². The Morgan fingerprint density at radius 1 is 1.22 bits per heavy atom. The zero-order valence-electron chi connectivity index (χ0n) is 10.5. The monoisotopic (exact) mass is 238 g/mol. The van der Waals surface area contributed by atoms with Crippen LogP contribution >= 0.6 is 0 Å². The highest BCUT2D eigenvalue weighted by Crippen LogP contribution is 2.12. The van der Waals surface area contributed by atoms with Crippen LogP contribution in [0.2, 0.25) is 0 Å². The van der Waals surface area contributed by atoms with Gasteiger partial charge in [0, 0.05) is 11.8 Å². The molecule has 0 radical (unpaired) electrons. The molecule has 0 aliphatic rings. The van der Waals surface area contributed by atoms with Crippen molar-refractivity contribution in [2.75, 3.05) is 0 Å². The lowest BCUT2D eigenvalue weighted by molar-refractivity contribution is 0.726. The van der Waals surface area contributed by atoms with Crippen molar-refractivity contribution in [1.29, 1.82) is 5.26 Å². The summed E-state index contributed by atoms with van der Waals surface area (Å²) in [7, 11) is 0. The van der Waals surface area contributed by atoms with Crippen molar-refractivity contribution < 1.29 is 0 Å². The Hall–Kier alpha value is -2.34. The average Bonchev–Trinajstić information content (AvgIpc) is 2.35. The van der Waals surface area contributed by atoms with Gasteiger partial charge in [0.15, 0.2) is 0 Å². The van der Waals surface area contributed by atoms with Gasteiger partial charge in [-0.2, -0.15) is 5.26 Å². The summed E-state index contributed by atoms with van der Waals surface area (Å²) in [5.41, 5.74) is 3.67. The van der Waals surface area contributed by atoms with E-state index >= 15 is 0 Å². The summed E-state index contributed by atoms with van der Waals surface area (Å²) in [5.74, 6) is 0. The molecule has 0 amide bonds. The first-order chi connectivity index (χ1) is 8.61. The maximum atomic E-state index is 11.8. The maximum absolute atomic E-state index is 11.8. The summed E-state index contributed by atoms with van der Waals surface area (Å²) in [4.78, 5) is 11.8. The quantitative estimate of drug-likeness (QED) is 0.806. The smallest absolute Gasteiger partial charge is 0.251 e. The fraction of sp³-hybridized carbons (Fsp3) is 0.200. The van der Waals surface area contributed by atoms with E-state index in [4.69, 9.17) is 5.26 Å². The minimum atomic E-state index is -0.00115. The lowest BCUT2D eigenvalue weighted by Crippen LogP contribution is -2.21. The zero-order chi connectivity index (χ0) is 13.1. The van der Waals surface area contributed by atoms with Gasteiger partial charge in [0.2, 0.25) is 0 Å². The molecular formula is C15H14N2O. The molecule has 0 fully saturated rings. The van der Waals surface area contributed by atoms with Gasteiger partial charge in [-0.25, -0.2) is 0 Å². The largest absolute Gasteiger partial charge is 0.309 e. The average molecular weight is 238 g/mol. The molecule has 2 rings (SSSR count). The summed E-state index contributed by atoms with van der Waals surface area (Å²) in [6.45, 7) is 4.42. The summed E-state index contributed by atoms with van der Waals surface area (Å²) in [5, 5.41) is 8.83. The highest BCUT2D eigenvalue weighted by atomic mass is 16.1. The fourth-order valence-electron chi connectivity index (χ4n) is 1.94. The molecule has 0 unspecified atom stereocenters. The molecule has 3 heteroatoms. The highest BCUT2D eigenvalue weighted by molar-refractivity contribution is 5.37. The van der Waals surface area contributed by atoms with Crippen LogP contribution in [0.3, 0.4) is 0 Å². The second kappa shape index (κ2) is 4.89. The van der Waals surface area contributed by atoms with Crippen LogP contribution in [0, 0.1) is 25.2 Å². The summed E-state index contributed by atoms with van der Waals surface area (Å²) in [6.07, 6.45) is 0. The Bertz CT molecular complexity index is 678. The van der Waals surface area contributed by atoms with Crippen molar-refractivity contribution in [1.82, 2.24) is 4.57 Å². The van der Waals surface area contributed by atoms with E-state index in [9.17, 15) is 4.79 Å². The SMILES string of the molecule is Cc1cc(C#N)ccc1Cn1c(C)cccc1=O. The second-order valence-electron chi connectivity index (χ2n) is 4.34. The third kappa shape index (κ3) is 2.33. The van der Waals surface area contributed by atoms with E-state index in [-0.39, 0.29) is 5.56 Å². The third-order valence-electron chi connectivity index (χ3n) is 3.07. The van der Waals surface area contributed by atoms with E-state index in [0.29, 0.717) is 12.1 Å². The molecule has 0 saturated heterocycles. The van der Waals surface area contributed by atoms with Crippen molar-refractivity contribution >= 4 is 0 Å². The van der Waals surface area contributed by atoms with Gasteiger partial charge in [-0.3, -0.25) is 4.79 Å². The molecule has 0 N–H and O–H groups in total. The Kier molecular flexibility index (Phi) is 3.29. The van der Waals surface area contributed by atoms with Crippen molar-refractivity contribution in [2.24, 2.45) is 0 Å². The second-order valence-corrected chi connectivity index (χ2v) is 4.34. The van der Waals surface area contributed by atoms with Crippen LogP contribution in [0.4, 0.5) is 0 Å². The lowest BCUT2D eigenvalue weighted by atomic mass is 10.1. The molecule has 0 atom stereocenters. The van der Waals surface area contributed by atoms with Gasteiger partial charge in [0.25, 0.3) is 5.56 Å². The van der Waals surface area contributed by atoms with E-state index < -0.39 is 0 Å². The molecule has 0 aliphatic carbocycles. The van der Waals surface area contributed by atoms with Gasteiger partial charge < -0.3 is 4.57 Å². The van der Waals surface area contributed by atoms with Gasteiger partial charge in [-0.1, -0.05) is 12.1 Å². The predicted molar refractivity (Wildman–Crippen MR) is 70.4 cm³/mol. The first kappa shape index (κ1) is 12.1. The number of benzene rings is 1. The van der Waals surface area contributed by atoms with Gasteiger partial charge >= 0.3 is 0 Å². The Morgan fingerprint density at radius 2 is 2.00 bits per heavy atom. The number of rotatable bonds is 2.